The minimum atomic E-state index is -0.869. The van der Waals surface area contributed by atoms with E-state index in [1.54, 1.807) is 38.5 Å². The van der Waals surface area contributed by atoms with E-state index < -0.39 is 42.0 Å². The van der Waals surface area contributed by atoms with Gasteiger partial charge in [-0.15, -0.1) is 0 Å². The van der Waals surface area contributed by atoms with Crippen molar-refractivity contribution in [2.45, 2.75) is 76.9 Å². The zero-order valence-corrected chi connectivity index (χ0v) is 21.4. The molecule has 1 aromatic carbocycles. The minimum Gasteiger partial charge on any atom is -0.444 e. The van der Waals surface area contributed by atoms with Crippen molar-refractivity contribution in [2.24, 2.45) is 0 Å². The van der Waals surface area contributed by atoms with Gasteiger partial charge in [0.2, 0.25) is 11.8 Å². The molecule has 2 aromatic rings. The summed E-state index contributed by atoms with van der Waals surface area (Å²) in [5, 5.41) is 3.70. The largest absolute Gasteiger partial charge is 0.444 e. The summed E-state index contributed by atoms with van der Waals surface area (Å²) in [5.74, 6) is -1.05. The zero-order chi connectivity index (χ0) is 26.2. The van der Waals surface area contributed by atoms with Gasteiger partial charge in [0, 0.05) is 25.1 Å². The Kier molecular flexibility index (Phi) is 7.08. The smallest absolute Gasteiger partial charge is 0.410 e. The Morgan fingerprint density at radius 3 is 2.58 bits per heavy atom. The van der Waals surface area contributed by atoms with Crippen molar-refractivity contribution in [3.05, 3.63) is 36.5 Å². The van der Waals surface area contributed by atoms with Gasteiger partial charge in [0.25, 0.3) is 5.91 Å². The van der Waals surface area contributed by atoms with E-state index in [0.717, 1.165) is 10.9 Å². The number of carbonyl (C=O) groups excluding carboxylic acids is 4. The second-order valence-corrected chi connectivity index (χ2v) is 10.4. The Morgan fingerprint density at radius 1 is 1.14 bits per heavy atom. The molecule has 0 bridgehead atoms. The summed E-state index contributed by atoms with van der Waals surface area (Å²) in [4.78, 5) is 55.1. The molecule has 4 atom stereocenters. The molecule has 4 rings (SSSR count). The van der Waals surface area contributed by atoms with Crippen LogP contribution < -0.4 is 5.32 Å². The summed E-state index contributed by atoms with van der Waals surface area (Å²) < 4.78 is 12.8. The number of benzene rings is 1. The predicted molar refractivity (Wildman–Crippen MR) is 132 cm³/mol. The molecule has 0 unspecified atom stereocenters. The molecule has 2 saturated heterocycles. The van der Waals surface area contributed by atoms with Crippen LogP contribution >= 0.6 is 0 Å². The quantitative estimate of drug-likeness (QED) is 0.694. The van der Waals surface area contributed by atoms with Crippen LogP contribution in [-0.4, -0.2) is 81.8 Å². The SMILES string of the molecule is C[C@@H](C(=O)N[C@@H]1CCO[C@H]2CC[C@H](C(=O)n3ccc4ccccc43)N2C1=O)N(C)C(=O)OC(C)(C)C. The number of fused-ring (bicyclic) bond motifs is 2. The molecular formula is C26H34N4O6. The van der Waals surface area contributed by atoms with Gasteiger partial charge in [0.05, 0.1) is 12.1 Å². The van der Waals surface area contributed by atoms with Crippen LogP contribution in [0.1, 0.15) is 51.8 Å². The van der Waals surface area contributed by atoms with E-state index >= 15 is 0 Å². The molecule has 2 aliphatic heterocycles. The summed E-state index contributed by atoms with van der Waals surface area (Å²) >= 11 is 0. The van der Waals surface area contributed by atoms with Crippen LogP contribution in [-0.2, 0) is 19.1 Å². The maximum Gasteiger partial charge on any atom is 0.410 e. The van der Waals surface area contributed by atoms with E-state index in [4.69, 9.17) is 9.47 Å². The van der Waals surface area contributed by atoms with E-state index in [1.165, 1.54) is 16.8 Å². The number of nitrogens with one attached hydrogen (secondary N) is 1. The van der Waals surface area contributed by atoms with Crippen molar-refractivity contribution in [3.8, 4) is 0 Å². The lowest BCUT2D eigenvalue weighted by Gasteiger charge is -2.31. The van der Waals surface area contributed by atoms with Crippen LogP contribution in [0.2, 0.25) is 0 Å². The van der Waals surface area contributed by atoms with E-state index in [0.29, 0.717) is 12.8 Å². The van der Waals surface area contributed by atoms with Crippen molar-refractivity contribution >= 4 is 34.7 Å². The van der Waals surface area contributed by atoms with Gasteiger partial charge in [0.15, 0.2) is 0 Å². The van der Waals surface area contributed by atoms with Crippen LogP contribution in [0.3, 0.4) is 0 Å². The maximum atomic E-state index is 13.6. The van der Waals surface area contributed by atoms with Crippen LogP contribution in [0.5, 0.6) is 0 Å². The molecule has 0 saturated carbocycles. The first kappa shape index (κ1) is 25.7. The normalized spacial score (nSPS) is 23.1. The molecule has 36 heavy (non-hydrogen) atoms. The van der Waals surface area contributed by atoms with E-state index in [2.05, 4.69) is 5.32 Å². The molecule has 10 nitrogen and oxygen atoms in total. The monoisotopic (exact) mass is 498 g/mol. The average Bonchev–Trinajstić information content (AvgIpc) is 3.41. The summed E-state index contributed by atoms with van der Waals surface area (Å²) in [6, 6.07) is 7.00. The lowest BCUT2D eigenvalue weighted by atomic mass is 10.1. The highest BCUT2D eigenvalue weighted by molar-refractivity contribution is 5.98. The standard InChI is InChI=1S/C26H34N4O6/c1-16(28(5)25(34)36-26(2,3)4)22(31)27-18-13-15-35-21-11-10-20(30(21)23(18)32)24(33)29-14-12-17-8-6-7-9-19(17)29/h6-9,12,14,16,18,20-21H,10-11,13,15H2,1-5H3,(H,27,31)/t16-,18+,20+,21-/m0/s1. The molecule has 1 aromatic heterocycles. The third-order valence-electron chi connectivity index (χ3n) is 6.68. The summed E-state index contributed by atoms with van der Waals surface area (Å²) in [6.45, 7) is 7.07. The van der Waals surface area contributed by atoms with Crippen molar-refractivity contribution in [2.75, 3.05) is 13.7 Å². The second kappa shape index (κ2) is 9.93. The van der Waals surface area contributed by atoms with E-state index in [1.807, 2.05) is 30.3 Å². The summed E-state index contributed by atoms with van der Waals surface area (Å²) in [5.41, 5.74) is 0.0750. The molecule has 3 heterocycles. The minimum absolute atomic E-state index is 0.208. The highest BCUT2D eigenvalue weighted by Crippen LogP contribution is 2.31. The number of hydrogen-bond donors (Lipinski definition) is 1. The van der Waals surface area contributed by atoms with Gasteiger partial charge in [-0.2, -0.15) is 0 Å². The number of ether oxygens (including phenoxy) is 2. The number of hydrogen-bond acceptors (Lipinski definition) is 6. The molecule has 0 radical (unpaired) electrons. The number of carbonyl (C=O) groups is 4. The first-order chi connectivity index (χ1) is 17.0. The highest BCUT2D eigenvalue weighted by atomic mass is 16.6. The van der Waals surface area contributed by atoms with Gasteiger partial charge in [-0.1, -0.05) is 18.2 Å². The fourth-order valence-corrected chi connectivity index (χ4v) is 4.64. The lowest BCUT2D eigenvalue weighted by molar-refractivity contribution is -0.143. The number of amides is 3. The van der Waals surface area contributed by atoms with Crippen molar-refractivity contribution in [3.63, 3.8) is 0 Å². The van der Waals surface area contributed by atoms with Crippen molar-refractivity contribution in [1.82, 2.24) is 19.7 Å². The number of nitrogens with zero attached hydrogens (tertiary/aromatic N) is 3. The number of likely N-dealkylation sites (N-methyl/N-ethyl adjacent to an activating group) is 1. The maximum absolute atomic E-state index is 13.6. The van der Waals surface area contributed by atoms with Crippen LogP contribution in [0, 0.1) is 0 Å². The number of rotatable bonds is 4. The van der Waals surface area contributed by atoms with E-state index in [-0.39, 0.29) is 24.8 Å². The highest BCUT2D eigenvalue weighted by Gasteiger charge is 2.46. The lowest BCUT2D eigenvalue weighted by Crippen LogP contribution is -2.56. The Bertz CT molecular complexity index is 1170. The average molecular weight is 499 g/mol. The van der Waals surface area contributed by atoms with Crippen LogP contribution in [0.4, 0.5) is 4.79 Å². The van der Waals surface area contributed by atoms with Gasteiger partial charge >= 0.3 is 6.09 Å². The molecule has 10 heteroatoms. The first-order valence-corrected chi connectivity index (χ1v) is 12.3. The first-order valence-electron chi connectivity index (χ1n) is 12.3. The Hall–Kier alpha value is -3.40. The van der Waals surface area contributed by atoms with Gasteiger partial charge in [-0.25, -0.2) is 4.79 Å². The Balaban J connectivity index is 1.48. The second-order valence-electron chi connectivity index (χ2n) is 10.4. The Labute approximate surface area is 210 Å². The van der Waals surface area contributed by atoms with Crippen LogP contribution in [0.15, 0.2) is 36.5 Å². The van der Waals surface area contributed by atoms with Gasteiger partial charge in [-0.05, 0) is 52.7 Å². The third-order valence-corrected chi connectivity index (χ3v) is 6.68. The zero-order valence-electron chi connectivity index (χ0n) is 21.4. The van der Waals surface area contributed by atoms with E-state index in [9.17, 15) is 19.2 Å². The molecular weight excluding hydrogens is 464 g/mol. The molecule has 0 spiro atoms. The van der Waals surface area contributed by atoms with Crippen LogP contribution in [0.25, 0.3) is 10.9 Å². The molecule has 194 valence electrons. The molecule has 2 aliphatic rings. The predicted octanol–water partition coefficient (Wildman–Crippen LogP) is 2.76. The molecule has 1 N–H and O–H groups in total. The van der Waals surface area contributed by atoms with Gasteiger partial charge in [-0.3, -0.25) is 23.9 Å². The van der Waals surface area contributed by atoms with Gasteiger partial charge in [0.1, 0.15) is 30.0 Å². The number of para-hydroxylation sites is 1. The topological polar surface area (TPSA) is 110 Å². The summed E-state index contributed by atoms with van der Waals surface area (Å²) in [7, 11) is 1.48. The summed E-state index contributed by atoms with van der Waals surface area (Å²) in [6.07, 6.45) is 1.85. The fourth-order valence-electron chi connectivity index (χ4n) is 4.64. The van der Waals surface area contributed by atoms with Crippen molar-refractivity contribution in [1.29, 1.82) is 0 Å². The molecule has 2 fully saturated rings. The number of aromatic nitrogens is 1. The molecule has 0 aliphatic carbocycles. The van der Waals surface area contributed by atoms with Gasteiger partial charge < -0.3 is 19.7 Å². The van der Waals surface area contributed by atoms with Crippen molar-refractivity contribution < 1.29 is 28.7 Å². The fraction of sp³-hybridized carbons (Fsp3) is 0.538. The molecule has 3 amide bonds. The Morgan fingerprint density at radius 2 is 1.86 bits per heavy atom. The third kappa shape index (κ3) is 5.09.